The fourth-order valence-corrected chi connectivity index (χ4v) is 3.77. The minimum absolute atomic E-state index is 0.0763. The molecule has 2 aromatic rings. The molecule has 2 N–H and O–H groups in total. The van der Waals surface area contributed by atoms with Crippen molar-refractivity contribution in [2.24, 2.45) is 17.8 Å². The van der Waals surface area contributed by atoms with Crippen LogP contribution in [-0.4, -0.2) is 30.1 Å². The zero-order chi connectivity index (χ0) is 23.8. The summed E-state index contributed by atoms with van der Waals surface area (Å²) in [7, 11) is 0. The van der Waals surface area contributed by atoms with Gasteiger partial charge in [0, 0.05) is 13.1 Å². The van der Waals surface area contributed by atoms with Crippen LogP contribution in [0.5, 0.6) is 0 Å². The van der Waals surface area contributed by atoms with E-state index in [0.29, 0.717) is 24.7 Å². The Balaban J connectivity index is 2.35. The van der Waals surface area contributed by atoms with Crippen LogP contribution in [0.15, 0.2) is 42.5 Å². The van der Waals surface area contributed by atoms with Crippen molar-refractivity contribution < 1.29 is 14.7 Å². The molecular weight excluding hydrogens is 400 g/mol. The maximum atomic E-state index is 12.9. The molecule has 1 atom stereocenters. The lowest BCUT2D eigenvalue weighted by molar-refractivity contribution is -0.141. The number of benzene rings is 2. The second-order valence-electron chi connectivity index (χ2n) is 9.70. The molecular formula is C27H38N2O3. The number of anilines is 2. The first kappa shape index (κ1) is 25.4. The fourth-order valence-electron chi connectivity index (χ4n) is 3.77. The zero-order valence-electron chi connectivity index (χ0n) is 20.3. The number of carbonyl (C=O) groups is 2. The third-order valence-electron chi connectivity index (χ3n) is 5.30. The summed E-state index contributed by atoms with van der Waals surface area (Å²) in [5.41, 5.74) is 4.76. The molecule has 32 heavy (non-hydrogen) atoms. The van der Waals surface area contributed by atoms with Crippen LogP contribution in [0.4, 0.5) is 11.4 Å². The molecule has 1 amide bonds. The lowest BCUT2D eigenvalue weighted by Gasteiger charge is -2.31. The van der Waals surface area contributed by atoms with Gasteiger partial charge < -0.3 is 15.3 Å². The summed E-state index contributed by atoms with van der Waals surface area (Å²) >= 11 is 0. The summed E-state index contributed by atoms with van der Waals surface area (Å²) in [6.07, 6.45) is 0.717. The van der Waals surface area contributed by atoms with Crippen LogP contribution in [0.2, 0.25) is 0 Å². The van der Waals surface area contributed by atoms with Crippen LogP contribution < -0.4 is 10.2 Å². The number of rotatable bonds is 11. The molecule has 0 aliphatic rings. The predicted molar refractivity (Wildman–Crippen MR) is 132 cm³/mol. The number of hydrogen-bond donors (Lipinski definition) is 2. The Morgan fingerprint density at radius 1 is 0.906 bits per heavy atom. The van der Waals surface area contributed by atoms with Gasteiger partial charge in [-0.05, 0) is 48.4 Å². The summed E-state index contributed by atoms with van der Waals surface area (Å²) in [6.45, 7) is 14.2. The van der Waals surface area contributed by atoms with E-state index >= 15 is 0 Å². The number of nitrogens with one attached hydrogen (secondary N) is 1. The molecule has 174 valence electrons. The van der Waals surface area contributed by atoms with E-state index in [1.807, 2.05) is 49.4 Å². The molecule has 5 nitrogen and oxygen atoms in total. The number of carboxylic acids is 1. The Labute approximate surface area is 192 Å². The van der Waals surface area contributed by atoms with Crippen LogP contribution in [-0.2, 0) is 22.4 Å². The Morgan fingerprint density at radius 2 is 1.47 bits per heavy atom. The second-order valence-corrected chi connectivity index (χ2v) is 9.70. The highest BCUT2D eigenvalue weighted by molar-refractivity contribution is 5.95. The van der Waals surface area contributed by atoms with Gasteiger partial charge in [0.1, 0.15) is 0 Å². The topological polar surface area (TPSA) is 69.6 Å². The lowest BCUT2D eigenvalue weighted by atomic mass is 9.99. The first-order chi connectivity index (χ1) is 15.0. The van der Waals surface area contributed by atoms with Crippen molar-refractivity contribution in [3.63, 3.8) is 0 Å². The summed E-state index contributed by atoms with van der Waals surface area (Å²) in [5, 5.41) is 12.4. The quantitative estimate of drug-likeness (QED) is 0.482. The highest BCUT2D eigenvalue weighted by atomic mass is 16.4. The highest BCUT2D eigenvalue weighted by Gasteiger charge is 2.18. The number of amides is 1. The monoisotopic (exact) mass is 438 g/mol. The molecule has 0 aliphatic heterocycles. The minimum atomic E-state index is -0.819. The van der Waals surface area contributed by atoms with Gasteiger partial charge >= 0.3 is 5.97 Å². The number of carboxylic acid groups (broad SMARTS) is 1. The van der Waals surface area contributed by atoms with Gasteiger partial charge in [-0.15, -0.1) is 0 Å². The van der Waals surface area contributed by atoms with Crippen LogP contribution in [0.25, 0.3) is 0 Å². The van der Waals surface area contributed by atoms with Gasteiger partial charge in [-0.25, -0.2) is 0 Å². The first-order valence-electron chi connectivity index (χ1n) is 11.5. The molecule has 5 heteroatoms. The summed E-state index contributed by atoms with van der Waals surface area (Å²) in [6, 6.07) is 13.9. The molecule has 0 radical (unpaired) electrons. The van der Waals surface area contributed by atoms with E-state index in [2.05, 4.69) is 37.9 Å². The van der Waals surface area contributed by atoms with E-state index in [9.17, 15) is 14.7 Å². The van der Waals surface area contributed by atoms with Gasteiger partial charge in [0.25, 0.3) is 0 Å². The Bertz CT molecular complexity index is 894. The van der Waals surface area contributed by atoms with Crippen LogP contribution in [0.1, 0.15) is 51.3 Å². The summed E-state index contributed by atoms with van der Waals surface area (Å²) < 4.78 is 0. The SMILES string of the molecule is Cc1ccc(CC(=O)Nc2cc(CC(C)C(=O)O)ccc2N(CC(C)C)CC(C)C)cc1. The van der Waals surface area contributed by atoms with E-state index in [1.54, 1.807) is 6.92 Å². The van der Waals surface area contributed by atoms with Crippen molar-refractivity contribution in [2.45, 2.75) is 54.4 Å². The average Bonchev–Trinajstić information content (AvgIpc) is 2.68. The first-order valence-corrected chi connectivity index (χ1v) is 11.5. The van der Waals surface area contributed by atoms with E-state index in [-0.39, 0.29) is 5.91 Å². The number of hydrogen-bond acceptors (Lipinski definition) is 3. The van der Waals surface area contributed by atoms with Crippen LogP contribution in [0.3, 0.4) is 0 Å². The van der Waals surface area contributed by atoms with Gasteiger partial charge in [0.2, 0.25) is 5.91 Å². The second kappa shape index (κ2) is 11.7. The standard InChI is InChI=1S/C27H38N2O3/c1-18(2)16-29(17-19(3)4)25-12-11-23(13-21(6)27(31)32)14-24(25)28-26(30)15-22-9-7-20(5)8-10-22/h7-12,14,18-19,21H,13,15-17H2,1-6H3,(H,28,30)(H,31,32). The van der Waals surface area contributed by atoms with Crippen molar-refractivity contribution >= 4 is 23.3 Å². The molecule has 0 heterocycles. The number of nitrogens with zero attached hydrogens (tertiary/aromatic N) is 1. The molecule has 2 rings (SSSR count). The largest absolute Gasteiger partial charge is 0.481 e. The van der Waals surface area contributed by atoms with Crippen molar-refractivity contribution in [1.82, 2.24) is 0 Å². The van der Waals surface area contributed by atoms with Crippen LogP contribution in [0, 0.1) is 24.7 Å². The molecule has 0 saturated heterocycles. The smallest absolute Gasteiger partial charge is 0.306 e. The van der Waals surface area contributed by atoms with E-state index in [1.165, 1.54) is 0 Å². The van der Waals surface area contributed by atoms with Gasteiger partial charge in [0.05, 0.1) is 23.7 Å². The average molecular weight is 439 g/mol. The molecule has 0 aliphatic carbocycles. The fraction of sp³-hybridized carbons (Fsp3) is 0.481. The third-order valence-corrected chi connectivity index (χ3v) is 5.30. The Morgan fingerprint density at radius 3 is 2.00 bits per heavy atom. The maximum absolute atomic E-state index is 12.9. The van der Waals surface area contributed by atoms with Gasteiger partial charge in [-0.3, -0.25) is 9.59 Å². The predicted octanol–water partition coefficient (Wildman–Crippen LogP) is 5.56. The lowest BCUT2D eigenvalue weighted by Crippen LogP contribution is -2.32. The van der Waals surface area contributed by atoms with Crippen molar-refractivity contribution in [2.75, 3.05) is 23.3 Å². The van der Waals surface area contributed by atoms with Gasteiger partial charge in [-0.1, -0.05) is 70.5 Å². The maximum Gasteiger partial charge on any atom is 0.306 e. The van der Waals surface area contributed by atoms with E-state index in [4.69, 9.17) is 0 Å². The molecule has 1 unspecified atom stereocenters. The molecule has 2 aromatic carbocycles. The minimum Gasteiger partial charge on any atom is -0.481 e. The van der Waals surface area contributed by atoms with Crippen molar-refractivity contribution in [3.8, 4) is 0 Å². The molecule has 0 bridgehead atoms. The summed E-state index contributed by atoms with van der Waals surface area (Å²) in [4.78, 5) is 26.6. The highest BCUT2D eigenvalue weighted by Crippen LogP contribution is 2.30. The summed E-state index contributed by atoms with van der Waals surface area (Å²) in [5.74, 6) is -0.444. The molecule has 0 fully saturated rings. The molecule has 0 aromatic heterocycles. The normalized spacial score (nSPS) is 12.1. The Hall–Kier alpha value is -2.82. The molecule has 0 spiro atoms. The van der Waals surface area contributed by atoms with Crippen LogP contribution >= 0.6 is 0 Å². The van der Waals surface area contributed by atoms with Crippen molar-refractivity contribution in [1.29, 1.82) is 0 Å². The van der Waals surface area contributed by atoms with Crippen molar-refractivity contribution in [3.05, 3.63) is 59.2 Å². The number of aliphatic carboxylic acids is 1. The zero-order valence-corrected chi connectivity index (χ0v) is 20.3. The molecule has 0 saturated carbocycles. The third kappa shape index (κ3) is 8.03. The number of aryl methyl sites for hydroxylation is 1. The van der Waals surface area contributed by atoms with E-state index in [0.717, 1.165) is 41.2 Å². The van der Waals surface area contributed by atoms with Gasteiger partial charge in [-0.2, -0.15) is 0 Å². The Kier molecular flexibility index (Phi) is 9.30. The number of carbonyl (C=O) groups excluding carboxylic acids is 1. The van der Waals surface area contributed by atoms with Gasteiger partial charge in [0.15, 0.2) is 0 Å². The van der Waals surface area contributed by atoms with E-state index < -0.39 is 11.9 Å².